The van der Waals surface area contributed by atoms with Crippen molar-refractivity contribution in [1.29, 1.82) is 0 Å². The van der Waals surface area contributed by atoms with Crippen molar-refractivity contribution in [1.82, 2.24) is 0 Å². The van der Waals surface area contributed by atoms with E-state index in [1.54, 1.807) is 25.4 Å². The summed E-state index contributed by atoms with van der Waals surface area (Å²) in [5, 5.41) is 0. The van der Waals surface area contributed by atoms with Crippen molar-refractivity contribution in [2.45, 2.75) is 6.92 Å². The monoisotopic (exact) mass is 161 g/mol. The van der Waals surface area contributed by atoms with E-state index in [1.165, 1.54) is 0 Å². The molecule has 0 aromatic rings. The Hall–Kier alpha value is -1.58. The van der Waals surface area contributed by atoms with Crippen LogP contribution in [0.4, 0.5) is 0 Å². The molecule has 4 nitrogen and oxygen atoms in total. The van der Waals surface area contributed by atoms with Gasteiger partial charge in [0, 0.05) is 12.4 Å². The summed E-state index contributed by atoms with van der Waals surface area (Å²) in [6.45, 7) is 1.71. The molecular formula is C8H7N3O. The molecule has 0 saturated heterocycles. The first-order valence-corrected chi connectivity index (χ1v) is 3.65. The fourth-order valence-electron chi connectivity index (χ4n) is 1.17. The Morgan fingerprint density at radius 2 is 2.25 bits per heavy atom. The van der Waals surface area contributed by atoms with Crippen LogP contribution in [0.15, 0.2) is 27.3 Å². The Kier molecular flexibility index (Phi) is 1.46. The van der Waals surface area contributed by atoms with E-state index < -0.39 is 0 Å². The van der Waals surface area contributed by atoms with Gasteiger partial charge in [-0.2, -0.15) is 4.99 Å². The van der Waals surface area contributed by atoms with Gasteiger partial charge in [-0.15, -0.1) is 0 Å². The van der Waals surface area contributed by atoms with E-state index in [0.717, 1.165) is 5.71 Å². The molecule has 2 aliphatic rings. The highest BCUT2D eigenvalue weighted by molar-refractivity contribution is 6.27. The van der Waals surface area contributed by atoms with E-state index in [2.05, 4.69) is 15.0 Å². The van der Waals surface area contributed by atoms with Gasteiger partial charge >= 0.3 is 0 Å². The van der Waals surface area contributed by atoms with Crippen LogP contribution >= 0.6 is 0 Å². The lowest BCUT2D eigenvalue weighted by Gasteiger charge is -2.14. The van der Waals surface area contributed by atoms with E-state index >= 15 is 0 Å². The van der Waals surface area contributed by atoms with E-state index in [-0.39, 0.29) is 11.8 Å². The number of hydrogen-bond donors (Lipinski definition) is 0. The van der Waals surface area contributed by atoms with Gasteiger partial charge in [0.1, 0.15) is 11.8 Å². The van der Waals surface area contributed by atoms with Crippen LogP contribution in [0.5, 0.6) is 0 Å². The van der Waals surface area contributed by atoms with E-state index in [4.69, 9.17) is 0 Å². The van der Waals surface area contributed by atoms with Crippen LogP contribution in [0.25, 0.3) is 0 Å². The maximum atomic E-state index is 11.2. The van der Waals surface area contributed by atoms with Gasteiger partial charge in [-0.3, -0.25) is 9.79 Å². The zero-order valence-electron chi connectivity index (χ0n) is 6.56. The minimum Gasteiger partial charge on any atom is -0.271 e. The molecule has 0 fully saturated rings. The first-order chi connectivity index (χ1) is 5.77. The number of fused-ring (bicyclic) bond motifs is 1. The summed E-state index contributed by atoms with van der Waals surface area (Å²) in [5.74, 6) is -0.00417. The summed E-state index contributed by atoms with van der Waals surface area (Å²) in [4.78, 5) is 23.0. The van der Waals surface area contributed by atoms with Gasteiger partial charge in [0.05, 0.1) is 5.71 Å². The second kappa shape index (κ2) is 2.48. The maximum absolute atomic E-state index is 11.2. The van der Waals surface area contributed by atoms with Crippen LogP contribution in [0.2, 0.25) is 0 Å². The molecule has 0 aromatic carbocycles. The van der Waals surface area contributed by atoms with Crippen LogP contribution in [0.3, 0.4) is 0 Å². The Morgan fingerprint density at radius 1 is 1.42 bits per heavy atom. The summed E-state index contributed by atoms with van der Waals surface area (Å²) in [7, 11) is 0. The number of hydrogen-bond acceptors (Lipinski definition) is 3. The Labute approximate surface area is 69.4 Å². The lowest BCUT2D eigenvalue weighted by Crippen LogP contribution is -2.29. The zero-order chi connectivity index (χ0) is 8.55. The third-order valence-electron chi connectivity index (χ3n) is 1.71. The highest BCUT2D eigenvalue weighted by Gasteiger charge is 2.25. The van der Waals surface area contributed by atoms with Crippen LogP contribution in [-0.2, 0) is 4.79 Å². The molecule has 2 heterocycles. The molecule has 0 radical (unpaired) electrons. The highest BCUT2D eigenvalue weighted by atomic mass is 16.1. The average Bonchev–Trinajstić information content (AvgIpc) is 2.04. The van der Waals surface area contributed by atoms with Gasteiger partial charge in [-0.25, -0.2) is 4.99 Å². The number of rotatable bonds is 0. The van der Waals surface area contributed by atoms with Crippen molar-refractivity contribution in [2.24, 2.45) is 20.9 Å². The molecule has 60 valence electrons. The van der Waals surface area contributed by atoms with Crippen molar-refractivity contribution in [3.63, 3.8) is 0 Å². The molecule has 0 aliphatic carbocycles. The van der Waals surface area contributed by atoms with E-state index in [9.17, 15) is 4.79 Å². The predicted molar refractivity (Wildman–Crippen MR) is 46.7 cm³/mol. The molecule has 0 saturated carbocycles. The quantitative estimate of drug-likeness (QED) is 0.513. The van der Waals surface area contributed by atoms with Gasteiger partial charge in [-0.1, -0.05) is 0 Å². The van der Waals surface area contributed by atoms with Crippen molar-refractivity contribution in [3.8, 4) is 0 Å². The second-order valence-corrected chi connectivity index (χ2v) is 2.63. The predicted octanol–water partition coefficient (Wildman–Crippen LogP) is 0.600. The molecule has 1 unspecified atom stereocenters. The normalized spacial score (nSPS) is 26.4. The van der Waals surface area contributed by atoms with Crippen molar-refractivity contribution < 1.29 is 4.79 Å². The molecular weight excluding hydrogens is 154 g/mol. The number of carbonyl (C=O) groups is 1. The molecule has 12 heavy (non-hydrogen) atoms. The Balaban J connectivity index is 2.45. The van der Waals surface area contributed by atoms with Crippen LogP contribution in [0.1, 0.15) is 6.92 Å². The van der Waals surface area contributed by atoms with Gasteiger partial charge in [0.15, 0.2) is 0 Å². The largest absolute Gasteiger partial charge is 0.271 e. The van der Waals surface area contributed by atoms with Gasteiger partial charge in [0.2, 0.25) is 0 Å². The number of allylic oxidation sites excluding steroid dienone is 1. The maximum Gasteiger partial charge on any atom is 0.261 e. The van der Waals surface area contributed by atoms with Gasteiger partial charge < -0.3 is 0 Å². The van der Waals surface area contributed by atoms with Crippen LogP contribution in [-0.4, -0.2) is 23.7 Å². The Morgan fingerprint density at radius 3 is 3.08 bits per heavy atom. The number of amidine groups is 1. The minimum atomic E-state index is -0.348. The highest BCUT2D eigenvalue weighted by Crippen LogP contribution is 2.11. The van der Waals surface area contributed by atoms with E-state index in [1.807, 2.05) is 0 Å². The number of amides is 1. The molecule has 2 aliphatic heterocycles. The van der Waals surface area contributed by atoms with Gasteiger partial charge in [-0.05, 0) is 13.0 Å². The number of aliphatic imine (C=N–C) groups is 3. The van der Waals surface area contributed by atoms with Crippen molar-refractivity contribution >= 4 is 23.7 Å². The van der Waals surface area contributed by atoms with Crippen molar-refractivity contribution in [3.05, 3.63) is 12.3 Å². The smallest absolute Gasteiger partial charge is 0.261 e. The average molecular weight is 161 g/mol. The minimum absolute atomic E-state index is 0.175. The number of nitrogens with zero attached hydrogens (tertiary/aromatic N) is 3. The van der Waals surface area contributed by atoms with Crippen molar-refractivity contribution in [2.75, 3.05) is 0 Å². The third kappa shape index (κ3) is 1.01. The molecule has 1 atom stereocenters. The fraction of sp³-hybridized carbons (Fsp3) is 0.250. The summed E-state index contributed by atoms with van der Waals surface area (Å²) >= 11 is 0. The second-order valence-electron chi connectivity index (χ2n) is 2.63. The van der Waals surface area contributed by atoms with Gasteiger partial charge in [0.25, 0.3) is 5.91 Å². The molecule has 0 bridgehead atoms. The molecule has 1 amide bonds. The number of carbonyl (C=O) groups excluding carboxylic acids is 1. The lowest BCUT2D eigenvalue weighted by molar-refractivity contribution is -0.118. The summed E-state index contributed by atoms with van der Waals surface area (Å²) < 4.78 is 0. The summed E-state index contributed by atoms with van der Waals surface area (Å²) in [6.07, 6.45) is 4.93. The van der Waals surface area contributed by atoms with Crippen LogP contribution < -0.4 is 0 Å². The van der Waals surface area contributed by atoms with Crippen LogP contribution in [0, 0.1) is 5.92 Å². The molecule has 0 aromatic heterocycles. The summed E-state index contributed by atoms with van der Waals surface area (Å²) in [5.41, 5.74) is 0.738. The molecule has 4 heteroatoms. The molecule has 2 rings (SSSR count). The third-order valence-corrected chi connectivity index (χ3v) is 1.71. The first-order valence-electron chi connectivity index (χ1n) is 3.65. The van der Waals surface area contributed by atoms with E-state index in [0.29, 0.717) is 5.84 Å². The summed E-state index contributed by atoms with van der Waals surface area (Å²) in [6, 6.07) is 0. The molecule has 0 spiro atoms. The zero-order valence-corrected chi connectivity index (χ0v) is 6.56. The first kappa shape index (κ1) is 7.09. The Bertz CT molecular complexity index is 349. The fourth-order valence-corrected chi connectivity index (χ4v) is 1.17. The standard InChI is InChI=1S/C8H7N3O/c1-5-10-7-2-3-9-4-6(7)8(12)11-5/h2-4,6H,1H3. The molecule has 0 N–H and O–H groups in total. The lowest BCUT2D eigenvalue weighted by atomic mass is 10.0. The topological polar surface area (TPSA) is 54.1 Å². The SMILES string of the molecule is CC1=NC(=O)C2C=NC=CC2=N1.